The number of hydrogen-bond acceptors (Lipinski definition) is 1. The lowest BCUT2D eigenvalue weighted by atomic mass is 10.2. The van der Waals surface area contributed by atoms with Gasteiger partial charge in [-0.3, -0.25) is 0 Å². The first-order valence-electron chi connectivity index (χ1n) is 3.05. The molecular formula is C8H8N2. The Bertz CT molecular complexity index is 284. The lowest BCUT2D eigenvalue weighted by Gasteiger charge is -1.97. The quantitative estimate of drug-likeness (QED) is 0.495. The van der Waals surface area contributed by atoms with Crippen LogP contribution in [0.4, 0.5) is 5.82 Å². The molecule has 0 bridgehead atoms. The second-order valence-corrected chi connectivity index (χ2v) is 2.19. The molecule has 0 amide bonds. The molecule has 0 fully saturated rings. The Balaban J connectivity index is 3.31. The lowest BCUT2D eigenvalue weighted by molar-refractivity contribution is 1.24. The van der Waals surface area contributed by atoms with Crippen molar-refractivity contribution in [3.8, 4) is 0 Å². The first kappa shape index (κ1) is 6.76. The summed E-state index contributed by atoms with van der Waals surface area (Å²) in [6, 6.07) is 1.91. The number of pyridine rings is 1. The Morgan fingerprint density at radius 1 is 1.50 bits per heavy atom. The van der Waals surface area contributed by atoms with Gasteiger partial charge >= 0.3 is 0 Å². The van der Waals surface area contributed by atoms with Crippen molar-refractivity contribution in [3.63, 3.8) is 0 Å². The Hall–Kier alpha value is -1.36. The molecule has 0 saturated carbocycles. The molecule has 1 heterocycles. The fraction of sp³-hybridized carbons (Fsp3) is 0.250. The highest BCUT2D eigenvalue weighted by Crippen LogP contribution is 2.16. The predicted molar refractivity (Wildman–Crippen MR) is 40.0 cm³/mol. The summed E-state index contributed by atoms with van der Waals surface area (Å²) in [7, 11) is 0. The molecule has 0 aliphatic rings. The number of nitrogens with zero attached hydrogens (tertiary/aromatic N) is 2. The molecule has 1 aromatic heterocycles. The number of rotatable bonds is 0. The summed E-state index contributed by atoms with van der Waals surface area (Å²) in [6.07, 6.45) is 1.66. The molecule has 0 aliphatic heterocycles. The van der Waals surface area contributed by atoms with E-state index in [2.05, 4.69) is 9.83 Å². The second-order valence-electron chi connectivity index (χ2n) is 2.19. The van der Waals surface area contributed by atoms with Crippen LogP contribution in [0.1, 0.15) is 11.1 Å². The normalized spacial score (nSPS) is 8.90. The van der Waals surface area contributed by atoms with E-state index in [1.165, 1.54) is 0 Å². The minimum absolute atomic E-state index is 0.514. The highest BCUT2D eigenvalue weighted by molar-refractivity contribution is 5.47. The Kier molecular flexibility index (Phi) is 1.68. The van der Waals surface area contributed by atoms with Crippen molar-refractivity contribution < 1.29 is 0 Å². The summed E-state index contributed by atoms with van der Waals surface area (Å²) in [5, 5.41) is 0. The summed E-state index contributed by atoms with van der Waals surface area (Å²) < 4.78 is 0. The van der Waals surface area contributed by atoms with Gasteiger partial charge in [-0.25, -0.2) is 0 Å². The van der Waals surface area contributed by atoms with E-state index in [-0.39, 0.29) is 0 Å². The van der Waals surface area contributed by atoms with Crippen molar-refractivity contribution in [1.82, 2.24) is 4.98 Å². The third-order valence-corrected chi connectivity index (χ3v) is 1.55. The van der Waals surface area contributed by atoms with Crippen LogP contribution in [0.15, 0.2) is 12.3 Å². The zero-order chi connectivity index (χ0) is 7.56. The zero-order valence-corrected chi connectivity index (χ0v) is 6.05. The molecule has 0 saturated heterocycles. The summed E-state index contributed by atoms with van der Waals surface area (Å²) in [6.45, 7) is 10.6. The fourth-order valence-electron chi connectivity index (χ4n) is 0.731. The van der Waals surface area contributed by atoms with Crippen LogP contribution >= 0.6 is 0 Å². The monoisotopic (exact) mass is 132 g/mol. The standard InChI is InChI=1S/C8H8N2/c1-6-4-5-10-8(9-3)7(6)2/h4-5H,1-2H3. The molecule has 0 atom stereocenters. The van der Waals surface area contributed by atoms with Gasteiger partial charge < -0.3 is 4.85 Å². The van der Waals surface area contributed by atoms with Gasteiger partial charge in [-0.05, 0) is 25.5 Å². The highest BCUT2D eigenvalue weighted by atomic mass is 14.9. The van der Waals surface area contributed by atoms with E-state index in [1.54, 1.807) is 6.20 Å². The van der Waals surface area contributed by atoms with Crippen LogP contribution in [-0.2, 0) is 0 Å². The molecule has 0 radical (unpaired) electrons. The Labute approximate surface area is 60.3 Å². The molecule has 0 unspecified atom stereocenters. The van der Waals surface area contributed by atoms with Gasteiger partial charge in [0.15, 0.2) is 0 Å². The van der Waals surface area contributed by atoms with Gasteiger partial charge in [-0.15, -0.1) is 4.98 Å². The van der Waals surface area contributed by atoms with Crippen molar-refractivity contribution >= 4 is 5.82 Å². The Morgan fingerprint density at radius 2 is 2.20 bits per heavy atom. The van der Waals surface area contributed by atoms with Crippen molar-refractivity contribution in [2.45, 2.75) is 13.8 Å². The minimum Gasteiger partial charge on any atom is -0.360 e. The SMILES string of the molecule is [C-]#[N+]c1nccc(C)c1C. The van der Waals surface area contributed by atoms with Gasteiger partial charge in [0.1, 0.15) is 6.20 Å². The van der Waals surface area contributed by atoms with Crippen LogP contribution in [0.25, 0.3) is 4.85 Å². The van der Waals surface area contributed by atoms with Crippen molar-refractivity contribution in [2.24, 2.45) is 0 Å². The molecule has 50 valence electrons. The third kappa shape index (κ3) is 0.985. The van der Waals surface area contributed by atoms with Crippen LogP contribution in [-0.4, -0.2) is 4.98 Å². The summed E-state index contributed by atoms with van der Waals surface area (Å²) in [5.74, 6) is 0.514. The lowest BCUT2D eigenvalue weighted by Crippen LogP contribution is -1.81. The second kappa shape index (κ2) is 2.49. The number of aryl methyl sites for hydroxylation is 1. The van der Waals surface area contributed by atoms with E-state index in [1.807, 2.05) is 19.9 Å². The van der Waals surface area contributed by atoms with Crippen LogP contribution in [0, 0.1) is 20.4 Å². The van der Waals surface area contributed by atoms with Crippen LogP contribution in [0.2, 0.25) is 0 Å². The molecule has 10 heavy (non-hydrogen) atoms. The number of aromatic nitrogens is 1. The molecule has 1 rings (SSSR count). The fourth-order valence-corrected chi connectivity index (χ4v) is 0.731. The van der Waals surface area contributed by atoms with Gasteiger partial charge in [0.25, 0.3) is 5.82 Å². The van der Waals surface area contributed by atoms with Crippen LogP contribution < -0.4 is 0 Å². The largest absolute Gasteiger partial charge is 0.360 e. The predicted octanol–water partition coefficient (Wildman–Crippen LogP) is 2.25. The van der Waals surface area contributed by atoms with Crippen molar-refractivity contribution in [2.75, 3.05) is 0 Å². The summed E-state index contributed by atoms with van der Waals surface area (Å²) >= 11 is 0. The van der Waals surface area contributed by atoms with Crippen molar-refractivity contribution in [3.05, 3.63) is 34.8 Å². The van der Waals surface area contributed by atoms with E-state index in [9.17, 15) is 0 Å². The van der Waals surface area contributed by atoms with E-state index >= 15 is 0 Å². The average molecular weight is 132 g/mol. The van der Waals surface area contributed by atoms with Gasteiger partial charge in [0, 0.05) is 0 Å². The number of hydrogen-bond donors (Lipinski definition) is 0. The average Bonchev–Trinajstić information content (AvgIpc) is 1.95. The first-order chi connectivity index (χ1) is 4.75. The topological polar surface area (TPSA) is 17.2 Å². The van der Waals surface area contributed by atoms with Crippen LogP contribution in [0.5, 0.6) is 0 Å². The van der Waals surface area contributed by atoms with E-state index in [4.69, 9.17) is 6.57 Å². The molecule has 0 aliphatic carbocycles. The third-order valence-electron chi connectivity index (χ3n) is 1.55. The molecule has 0 spiro atoms. The summed E-state index contributed by atoms with van der Waals surface area (Å²) in [4.78, 5) is 7.17. The maximum Gasteiger partial charge on any atom is 0.272 e. The molecule has 1 aromatic rings. The van der Waals surface area contributed by atoms with E-state index in [0.29, 0.717) is 5.82 Å². The van der Waals surface area contributed by atoms with E-state index in [0.717, 1.165) is 11.1 Å². The summed E-state index contributed by atoms with van der Waals surface area (Å²) in [5.41, 5.74) is 2.11. The molecule has 2 nitrogen and oxygen atoms in total. The molecule has 0 aromatic carbocycles. The Morgan fingerprint density at radius 3 is 2.70 bits per heavy atom. The minimum atomic E-state index is 0.514. The smallest absolute Gasteiger partial charge is 0.272 e. The van der Waals surface area contributed by atoms with Gasteiger partial charge in [-0.1, -0.05) is 12.1 Å². The molecule has 0 N–H and O–H groups in total. The van der Waals surface area contributed by atoms with Crippen molar-refractivity contribution in [1.29, 1.82) is 0 Å². The highest BCUT2D eigenvalue weighted by Gasteiger charge is 1.99. The maximum atomic E-state index is 6.74. The molecule has 2 heteroatoms. The first-order valence-corrected chi connectivity index (χ1v) is 3.05. The van der Waals surface area contributed by atoms with Gasteiger partial charge in [0.05, 0.1) is 0 Å². The van der Waals surface area contributed by atoms with Gasteiger partial charge in [-0.2, -0.15) is 0 Å². The van der Waals surface area contributed by atoms with Gasteiger partial charge in [0.2, 0.25) is 0 Å². The molecular weight excluding hydrogens is 124 g/mol. The van der Waals surface area contributed by atoms with Crippen LogP contribution in [0.3, 0.4) is 0 Å². The van der Waals surface area contributed by atoms with E-state index < -0.39 is 0 Å². The maximum absolute atomic E-state index is 6.74. The zero-order valence-electron chi connectivity index (χ0n) is 6.05.